The number of nitrogens with zero attached hydrogens (tertiary/aromatic N) is 1. The van der Waals surface area contributed by atoms with Gasteiger partial charge in [0.1, 0.15) is 0 Å². The fourth-order valence-corrected chi connectivity index (χ4v) is 3.13. The molecular weight excluding hydrogens is 296 g/mol. The maximum Gasteiger partial charge on any atom is 0.224 e. The lowest BCUT2D eigenvalue weighted by molar-refractivity contribution is -0.120. The third kappa shape index (κ3) is 3.30. The van der Waals surface area contributed by atoms with Crippen LogP contribution in [0, 0.1) is 0 Å². The fourth-order valence-electron chi connectivity index (χ4n) is 3.13. The number of pyridine rings is 1. The average molecular weight is 316 g/mol. The largest absolute Gasteiger partial charge is 0.352 e. The Kier molecular flexibility index (Phi) is 3.99. The molecule has 1 amide bonds. The van der Waals surface area contributed by atoms with Gasteiger partial charge in [-0.3, -0.25) is 9.78 Å². The van der Waals surface area contributed by atoms with Gasteiger partial charge in [-0.1, -0.05) is 48.5 Å². The topological polar surface area (TPSA) is 42.0 Å². The highest BCUT2D eigenvalue weighted by molar-refractivity contribution is 5.90. The maximum absolute atomic E-state index is 12.3. The summed E-state index contributed by atoms with van der Waals surface area (Å²) < 4.78 is 0. The van der Waals surface area contributed by atoms with Crippen LogP contribution in [0.15, 0.2) is 60.9 Å². The molecule has 120 valence electrons. The summed E-state index contributed by atoms with van der Waals surface area (Å²) in [5, 5.41) is 5.34. The summed E-state index contributed by atoms with van der Waals surface area (Å²) in [5.41, 5.74) is 3.44. The Balaban J connectivity index is 1.42. The minimum atomic E-state index is 0.0446. The van der Waals surface area contributed by atoms with E-state index < -0.39 is 0 Å². The lowest BCUT2D eigenvalue weighted by Gasteiger charge is -2.09. The van der Waals surface area contributed by atoms with E-state index in [0.717, 1.165) is 16.5 Å². The van der Waals surface area contributed by atoms with Crippen LogP contribution in [0.5, 0.6) is 0 Å². The summed E-state index contributed by atoms with van der Waals surface area (Å²) in [6.45, 7) is 0.539. The van der Waals surface area contributed by atoms with Crippen LogP contribution in [0.2, 0.25) is 0 Å². The fraction of sp³-hybridized carbons (Fsp3) is 0.238. The van der Waals surface area contributed by atoms with Gasteiger partial charge in [0, 0.05) is 18.9 Å². The van der Waals surface area contributed by atoms with Crippen LogP contribution < -0.4 is 5.32 Å². The van der Waals surface area contributed by atoms with Crippen LogP contribution in [0.4, 0.5) is 0 Å². The summed E-state index contributed by atoms with van der Waals surface area (Å²) in [7, 11) is 0. The molecule has 3 aromatic rings. The van der Waals surface area contributed by atoms with E-state index in [1.165, 1.54) is 23.8 Å². The Morgan fingerprint density at radius 3 is 2.79 bits per heavy atom. The molecule has 2 aromatic carbocycles. The van der Waals surface area contributed by atoms with Crippen molar-refractivity contribution in [2.75, 3.05) is 0 Å². The molecule has 0 atom stereocenters. The maximum atomic E-state index is 12.3. The number of carbonyl (C=O) groups is 1. The molecule has 0 spiro atoms. The van der Waals surface area contributed by atoms with Gasteiger partial charge in [0.2, 0.25) is 5.91 Å². The highest BCUT2D eigenvalue weighted by atomic mass is 16.1. The number of aromatic nitrogens is 1. The van der Waals surface area contributed by atoms with Crippen LogP contribution in [0.3, 0.4) is 0 Å². The number of nitrogens with one attached hydrogen (secondary N) is 1. The Labute approximate surface area is 141 Å². The molecule has 1 aromatic heterocycles. The van der Waals surface area contributed by atoms with Crippen molar-refractivity contribution in [2.24, 2.45) is 0 Å². The van der Waals surface area contributed by atoms with Gasteiger partial charge >= 0.3 is 0 Å². The van der Waals surface area contributed by atoms with Gasteiger partial charge < -0.3 is 5.32 Å². The van der Waals surface area contributed by atoms with E-state index in [9.17, 15) is 4.79 Å². The second-order valence-electron chi connectivity index (χ2n) is 6.49. The summed E-state index contributed by atoms with van der Waals surface area (Å²) in [4.78, 5) is 16.6. The summed E-state index contributed by atoms with van der Waals surface area (Å²) in [5.74, 6) is 0.729. The molecule has 3 nitrogen and oxygen atoms in total. The molecule has 0 aliphatic heterocycles. The normalized spacial score (nSPS) is 13.8. The number of carbonyl (C=O) groups excluding carboxylic acids is 1. The van der Waals surface area contributed by atoms with E-state index in [1.807, 2.05) is 36.7 Å². The van der Waals surface area contributed by atoms with Gasteiger partial charge in [0.15, 0.2) is 0 Å². The highest BCUT2D eigenvalue weighted by Gasteiger charge is 2.23. The smallest absolute Gasteiger partial charge is 0.224 e. The molecule has 1 N–H and O–H groups in total. The van der Waals surface area contributed by atoms with Crippen LogP contribution >= 0.6 is 0 Å². The Morgan fingerprint density at radius 2 is 1.92 bits per heavy atom. The number of amides is 1. The first-order valence-electron chi connectivity index (χ1n) is 8.47. The molecule has 0 unspecified atom stereocenters. The number of benzene rings is 2. The quantitative estimate of drug-likeness (QED) is 0.774. The monoisotopic (exact) mass is 316 g/mol. The Morgan fingerprint density at radius 1 is 1.08 bits per heavy atom. The molecule has 1 heterocycles. The first kappa shape index (κ1) is 14.9. The van der Waals surface area contributed by atoms with Gasteiger partial charge in [-0.05, 0) is 46.2 Å². The predicted octanol–water partition coefficient (Wildman–Crippen LogP) is 3.97. The summed E-state index contributed by atoms with van der Waals surface area (Å²) in [6, 6.07) is 16.5. The zero-order chi connectivity index (χ0) is 16.4. The summed E-state index contributed by atoms with van der Waals surface area (Å²) >= 11 is 0. The predicted molar refractivity (Wildman–Crippen MR) is 95.7 cm³/mol. The molecule has 4 rings (SSSR count). The molecule has 24 heavy (non-hydrogen) atoms. The van der Waals surface area contributed by atoms with Gasteiger partial charge in [-0.2, -0.15) is 0 Å². The zero-order valence-electron chi connectivity index (χ0n) is 13.5. The SMILES string of the molecule is O=C(Cc1cccc2ccccc12)NCc1cncc(C2CC2)c1. The van der Waals surface area contributed by atoms with Crippen molar-refractivity contribution < 1.29 is 4.79 Å². The van der Waals surface area contributed by atoms with E-state index in [4.69, 9.17) is 0 Å². The minimum Gasteiger partial charge on any atom is -0.352 e. The molecule has 1 aliphatic carbocycles. The first-order valence-corrected chi connectivity index (χ1v) is 8.47. The average Bonchev–Trinajstić information content (AvgIpc) is 3.46. The lowest BCUT2D eigenvalue weighted by atomic mass is 10.0. The van der Waals surface area contributed by atoms with E-state index in [-0.39, 0.29) is 5.91 Å². The van der Waals surface area contributed by atoms with Crippen LogP contribution in [-0.4, -0.2) is 10.9 Å². The van der Waals surface area contributed by atoms with Crippen molar-refractivity contribution in [1.82, 2.24) is 10.3 Å². The number of hydrogen-bond donors (Lipinski definition) is 1. The zero-order valence-corrected chi connectivity index (χ0v) is 13.5. The molecule has 1 saturated carbocycles. The Hall–Kier alpha value is -2.68. The number of fused-ring (bicyclic) bond motifs is 1. The summed E-state index contributed by atoms with van der Waals surface area (Å²) in [6.07, 6.45) is 6.71. The number of rotatable bonds is 5. The van der Waals surface area contributed by atoms with Gasteiger partial charge in [-0.15, -0.1) is 0 Å². The molecule has 0 bridgehead atoms. The highest BCUT2D eigenvalue weighted by Crippen LogP contribution is 2.39. The van der Waals surface area contributed by atoms with Gasteiger partial charge in [0.25, 0.3) is 0 Å². The van der Waals surface area contributed by atoms with Crippen molar-refractivity contribution >= 4 is 16.7 Å². The van der Waals surface area contributed by atoms with Crippen molar-refractivity contribution in [3.63, 3.8) is 0 Å². The van der Waals surface area contributed by atoms with E-state index >= 15 is 0 Å². The van der Waals surface area contributed by atoms with E-state index in [0.29, 0.717) is 18.9 Å². The molecule has 1 fully saturated rings. The van der Waals surface area contributed by atoms with E-state index in [1.54, 1.807) is 0 Å². The van der Waals surface area contributed by atoms with E-state index in [2.05, 4.69) is 34.6 Å². The van der Waals surface area contributed by atoms with Crippen LogP contribution in [-0.2, 0) is 17.8 Å². The first-order chi connectivity index (χ1) is 11.8. The third-order valence-corrected chi connectivity index (χ3v) is 4.59. The molecule has 0 saturated heterocycles. The second kappa shape index (κ2) is 6.44. The second-order valence-corrected chi connectivity index (χ2v) is 6.49. The molecular formula is C21H20N2O. The van der Waals surface area contributed by atoms with Gasteiger partial charge in [-0.25, -0.2) is 0 Å². The van der Waals surface area contributed by atoms with Crippen molar-refractivity contribution in [3.05, 3.63) is 77.6 Å². The standard InChI is InChI=1S/C21H20N2O/c24-21(11-18-6-3-5-17-4-1-2-7-20(17)18)23-13-15-10-19(14-22-12-15)16-8-9-16/h1-7,10,12,14,16H,8-9,11,13H2,(H,23,24). The molecule has 0 radical (unpaired) electrons. The van der Waals surface area contributed by atoms with Crippen molar-refractivity contribution in [3.8, 4) is 0 Å². The van der Waals surface area contributed by atoms with Crippen molar-refractivity contribution in [2.45, 2.75) is 31.7 Å². The molecule has 3 heteroatoms. The number of hydrogen-bond acceptors (Lipinski definition) is 2. The minimum absolute atomic E-state index is 0.0446. The Bertz CT molecular complexity index is 878. The van der Waals surface area contributed by atoms with Crippen molar-refractivity contribution in [1.29, 1.82) is 0 Å². The molecule has 1 aliphatic rings. The lowest BCUT2D eigenvalue weighted by Crippen LogP contribution is -2.24. The third-order valence-electron chi connectivity index (χ3n) is 4.59. The van der Waals surface area contributed by atoms with Crippen LogP contribution in [0.25, 0.3) is 10.8 Å². The van der Waals surface area contributed by atoms with Crippen LogP contribution in [0.1, 0.15) is 35.4 Å². The van der Waals surface area contributed by atoms with Gasteiger partial charge in [0.05, 0.1) is 6.42 Å².